The van der Waals surface area contributed by atoms with Crippen molar-refractivity contribution in [3.05, 3.63) is 29.3 Å². The highest BCUT2D eigenvalue weighted by atomic mass is 16.5. The molecule has 0 saturated carbocycles. The maximum atomic E-state index is 12.4. The fourth-order valence-corrected chi connectivity index (χ4v) is 2.98. The van der Waals surface area contributed by atoms with E-state index < -0.39 is 0 Å². The van der Waals surface area contributed by atoms with E-state index in [1.54, 1.807) is 12.1 Å². The standard InChI is InChI=1S/C15H19NO3/c1-10-6-13(9-19-10)15(18)16-5-4-11-2-3-14(17)7-12(11)8-16/h2-3,7,10,13,17H,4-6,8-9H2,1H3. The van der Waals surface area contributed by atoms with Gasteiger partial charge in [0.25, 0.3) is 0 Å². The summed E-state index contributed by atoms with van der Waals surface area (Å²) in [6.45, 7) is 3.93. The second-order valence-electron chi connectivity index (χ2n) is 5.54. The largest absolute Gasteiger partial charge is 0.508 e. The summed E-state index contributed by atoms with van der Waals surface area (Å²) in [5, 5.41) is 9.54. The zero-order valence-corrected chi connectivity index (χ0v) is 11.1. The van der Waals surface area contributed by atoms with Crippen LogP contribution in [0.4, 0.5) is 0 Å². The number of benzene rings is 1. The normalized spacial score (nSPS) is 26.3. The number of aromatic hydroxyl groups is 1. The quantitative estimate of drug-likeness (QED) is 0.837. The van der Waals surface area contributed by atoms with Crippen LogP contribution < -0.4 is 0 Å². The number of hydrogen-bond donors (Lipinski definition) is 1. The molecule has 19 heavy (non-hydrogen) atoms. The molecule has 0 spiro atoms. The van der Waals surface area contributed by atoms with Crippen molar-refractivity contribution in [2.45, 2.75) is 32.4 Å². The molecule has 4 heteroatoms. The second-order valence-corrected chi connectivity index (χ2v) is 5.54. The predicted octanol–water partition coefficient (Wildman–Crippen LogP) is 1.70. The topological polar surface area (TPSA) is 49.8 Å². The summed E-state index contributed by atoms with van der Waals surface area (Å²) in [5.41, 5.74) is 2.30. The number of amides is 1. The summed E-state index contributed by atoms with van der Waals surface area (Å²) < 4.78 is 5.48. The molecule has 0 radical (unpaired) electrons. The first-order valence-electron chi connectivity index (χ1n) is 6.84. The molecule has 1 aromatic rings. The molecule has 0 aliphatic carbocycles. The van der Waals surface area contributed by atoms with Crippen LogP contribution in [-0.4, -0.2) is 35.2 Å². The van der Waals surface area contributed by atoms with Gasteiger partial charge in [-0.05, 0) is 43.0 Å². The van der Waals surface area contributed by atoms with Crippen molar-refractivity contribution in [3.63, 3.8) is 0 Å². The van der Waals surface area contributed by atoms with Gasteiger partial charge in [-0.15, -0.1) is 0 Å². The molecule has 2 aliphatic heterocycles. The Morgan fingerprint density at radius 3 is 3.00 bits per heavy atom. The van der Waals surface area contributed by atoms with E-state index in [-0.39, 0.29) is 23.7 Å². The van der Waals surface area contributed by atoms with Gasteiger partial charge in [-0.2, -0.15) is 0 Å². The molecule has 1 amide bonds. The summed E-state index contributed by atoms with van der Waals surface area (Å²) in [6, 6.07) is 5.43. The van der Waals surface area contributed by atoms with E-state index in [0.29, 0.717) is 13.2 Å². The first-order chi connectivity index (χ1) is 9.13. The van der Waals surface area contributed by atoms with Crippen molar-refractivity contribution in [3.8, 4) is 5.75 Å². The van der Waals surface area contributed by atoms with Crippen LogP contribution >= 0.6 is 0 Å². The SMILES string of the molecule is CC1CC(C(=O)N2CCc3ccc(O)cc3C2)CO1. The van der Waals surface area contributed by atoms with Gasteiger partial charge in [0.05, 0.1) is 18.6 Å². The van der Waals surface area contributed by atoms with Gasteiger partial charge in [0, 0.05) is 13.1 Å². The summed E-state index contributed by atoms with van der Waals surface area (Å²) in [6.07, 6.45) is 1.88. The first kappa shape index (κ1) is 12.5. The lowest BCUT2D eigenvalue weighted by atomic mass is 9.97. The number of fused-ring (bicyclic) bond motifs is 1. The minimum Gasteiger partial charge on any atom is -0.508 e. The summed E-state index contributed by atoms with van der Waals surface area (Å²) in [5.74, 6) is 0.470. The van der Waals surface area contributed by atoms with E-state index in [1.807, 2.05) is 17.9 Å². The highest BCUT2D eigenvalue weighted by Gasteiger charge is 2.32. The Morgan fingerprint density at radius 1 is 1.42 bits per heavy atom. The first-order valence-corrected chi connectivity index (χ1v) is 6.84. The summed E-state index contributed by atoms with van der Waals surface area (Å²) in [4.78, 5) is 14.3. The van der Waals surface area contributed by atoms with Gasteiger partial charge in [0.15, 0.2) is 0 Å². The number of carbonyl (C=O) groups is 1. The highest BCUT2D eigenvalue weighted by molar-refractivity contribution is 5.79. The van der Waals surface area contributed by atoms with Gasteiger partial charge >= 0.3 is 0 Å². The van der Waals surface area contributed by atoms with Crippen LogP contribution in [-0.2, 0) is 22.5 Å². The van der Waals surface area contributed by atoms with Crippen molar-refractivity contribution >= 4 is 5.91 Å². The van der Waals surface area contributed by atoms with Gasteiger partial charge in [-0.1, -0.05) is 6.07 Å². The third-order valence-corrected chi connectivity index (χ3v) is 4.06. The zero-order chi connectivity index (χ0) is 13.4. The molecule has 2 unspecified atom stereocenters. The third-order valence-electron chi connectivity index (χ3n) is 4.06. The zero-order valence-electron chi connectivity index (χ0n) is 11.1. The molecular weight excluding hydrogens is 242 g/mol. The van der Waals surface area contributed by atoms with E-state index in [9.17, 15) is 9.90 Å². The van der Waals surface area contributed by atoms with Gasteiger partial charge in [-0.3, -0.25) is 4.79 Å². The molecule has 0 aromatic heterocycles. The van der Waals surface area contributed by atoms with E-state index in [0.717, 1.165) is 24.9 Å². The molecule has 4 nitrogen and oxygen atoms in total. The van der Waals surface area contributed by atoms with Crippen molar-refractivity contribution in [2.75, 3.05) is 13.2 Å². The Hall–Kier alpha value is -1.55. The van der Waals surface area contributed by atoms with Crippen LogP contribution in [0.15, 0.2) is 18.2 Å². The van der Waals surface area contributed by atoms with Gasteiger partial charge in [0.1, 0.15) is 5.75 Å². The van der Waals surface area contributed by atoms with Gasteiger partial charge in [0.2, 0.25) is 5.91 Å². The maximum Gasteiger partial charge on any atom is 0.228 e. The van der Waals surface area contributed by atoms with E-state index in [1.165, 1.54) is 5.56 Å². The lowest BCUT2D eigenvalue weighted by molar-refractivity contribution is -0.136. The smallest absolute Gasteiger partial charge is 0.228 e. The van der Waals surface area contributed by atoms with E-state index in [2.05, 4.69) is 0 Å². The van der Waals surface area contributed by atoms with Crippen molar-refractivity contribution in [1.29, 1.82) is 0 Å². The molecule has 3 rings (SSSR count). The van der Waals surface area contributed by atoms with Crippen LogP contribution in [0, 0.1) is 5.92 Å². The number of ether oxygens (including phenoxy) is 1. The molecule has 2 atom stereocenters. The van der Waals surface area contributed by atoms with E-state index >= 15 is 0 Å². The number of rotatable bonds is 1. The summed E-state index contributed by atoms with van der Waals surface area (Å²) in [7, 11) is 0. The molecule has 1 fully saturated rings. The molecule has 1 saturated heterocycles. The minimum atomic E-state index is 0.00820. The molecule has 102 valence electrons. The Morgan fingerprint density at radius 2 is 2.26 bits per heavy atom. The lowest BCUT2D eigenvalue weighted by Gasteiger charge is -2.30. The number of hydrogen-bond acceptors (Lipinski definition) is 3. The number of nitrogens with zero attached hydrogens (tertiary/aromatic N) is 1. The molecule has 1 aromatic carbocycles. The average Bonchev–Trinajstić information content (AvgIpc) is 2.83. The lowest BCUT2D eigenvalue weighted by Crippen LogP contribution is -2.40. The van der Waals surface area contributed by atoms with Crippen LogP contribution in [0.5, 0.6) is 5.75 Å². The Kier molecular flexibility index (Phi) is 3.19. The molecule has 2 aliphatic rings. The molecule has 0 bridgehead atoms. The molecule has 2 heterocycles. The molecular formula is C15H19NO3. The summed E-state index contributed by atoms with van der Waals surface area (Å²) >= 11 is 0. The predicted molar refractivity (Wildman–Crippen MR) is 70.7 cm³/mol. The Bertz CT molecular complexity index is 500. The maximum absolute atomic E-state index is 12.4. The average molecular weight is 261 g/mol. The van der Waals surface area contributed by atoms with Crippen molar-refractivity contribution in [1.82, 2.24) is 4.90 Å². The van der Waals surface area contributed by atoms with Crippen molar-refractivity contribution in [2.24, 2.45) is 5.92 Å². The number of carbonyl (C=O) groups excluding carboxylic acids is 1. The number of phenols is 1. The third kappa shape index (κ3) is 2.45. The Balaban J connectivity index is 1.73. The van der Waals surface area contributed by atoms with Crippen LogP contribution in [0.2, 0.25) is 0 Å². The van der Waals surface area contributed by atoms with Gasteiger partial charge < -0.3 is 14.7 Å². The Labute approximate surface area is 113 Å². The van der Waals surface area contributed by atoms with Crippen LogP contribution in [0.1, 0.15) is 24.5 Å². The molecule has 1 N–H and O–H groups in total. The second kappa shape index (κ2) is 4.85. The highest BCUT2D eigenvalue weighted by Crippen LogP contribution is 2.27. The van der Waals surface area contributed by atoms with Crippen molar-refractivity contribution < 1.29 is 14.6 Å². The monoisotopic (exact) mass is 261 g/mol. The minimum absolute atomic E-state index is 0.00820. The van der Waals surface area contributed by atoms with Gasteiger partial charge in [-0.25, -0.2) is 0 Å². The fraction of sp³-hybridized carbons (Fsp3) is 0.533. The number of phenolic OH excluding ortho intramolecular Hbond substituents is 1. The van der Waals surface area contributed by atoms with Crippen LogP contribution in [0.3, 0.4) is 0 Å². The van der Waals surface area contributed by atoms with E-state index in [4.69, 9.17) is 4.74 Å². The fourth-order valence-electron chi connectivity index (χ4n) is 2.98. The van der Waals surface area contributed by atoms with Crippen LogP contribution in [0.25, 0.3) is 0 Å².